The number of morpholine rings is 2. The fraction of sp³-hybridized carbons (Fsp3) is 0.500. The third-order valence-corrected chi connectivity index (χ3v) is 5.46. The van der Waals surface area contributed by atoms with Crippen LogP contribution in [0.2, 0.25) is 5.02 Å². The summed E-state index contributed by atoms with van der Waals surface area (Å²) in [6.45, 7) is 8.37. The zero-order valence-corrected chi connectivity index (χ0v) is 18.3. The molecule has 31 heavy (non-hydrogen) atoms. The topological polar surface area (TPSA) is 71.8 Å². The van der Waals surface area contributed by atoms with E-state index in [1.54, 1.807) is 0 Å². The standard InChI is InChI=1S/C22H28ClN5O3/c23-19-3-1-2-18(14-19)17-24-26-21-15-20(28-7-11-30-12-8-28)16-22(25-21)31-13-6-27-4-9-29-10-5-27/h1-3,14-16H,4-13,17H2. The molecule has 0 N–H and O–H groups in total. The van der Waals surface area contributed by atoms with Gasteiger partial charge in [-0.1, -0.05) is 23.7 Å². The first-order chi connectivity index (χ1) is 15.3. The highest BCUT2D eigenvalue weighted by Gasteiger charge is 2.15. The first kappa shape index (κ1) is 22.0. The van der Waals surface area contributed by atoms with Crippen LogP contribution >= 0.6 is 11.6 Å². The summed E-state index contributed by atoms with van der Waals surface area (Å²) in [5, 5.41) is 9.36. The molecule has 8 nitrogen and oxygen atoms in total. The van der Waals surface area contributed by atoms with Crippen molar-refractivity contribution in [2.45, 2.75) is 6.54 Å². The molecule has 0 saturated carbocycles. The highest BCUT2D eigenvalue weighted by molar-refractivity contribution is 6.30. The van der Waals surface area contributed by atoms with E-state index in [1.807, 2.05) is 36.4 Å². The van der Waals surface area contributed by atoms with Crippen molar-refractivity contribution in [3.05, 3.63) is 47.0 Å². The smallest absolute Gasteiger partial charge is 0.217 e. The lowest BCUT2D eigenvalue weighted by atomic mass is 10.2. The normalized spacial score (nSPS) is 17.9. The molecular formula is C22H28ClN5O3. The van der Waals surface area contributed by atoms with Gasteiger partial charge in [0.25, 0.3) is 0 Å². The molecule has 0 radical (unpaired) electrons. The van der Waals surface area contributed by atoms with E-state index in [2.05, 4.69) is 25.0 Å². The molecule has 1 aromatic carbocycles. The summed E-state index contributed by atoms with van der Waals surface area (Å²) in [5.41, 5.74) is 2.03. The van der Waals surface area contributed by atoms with E-state index in [-0.39, 0.29) is 0 Å². The van der Waals surface area contributed by atoms with E-state index >= 15 is 0 Å². The zero-order chi connectivity index (χ0) is 21.3. The minimum atomic E-state index is 0.442. The van der Waals surface area contributed by atoms with Gasteiger partial charge in [0, 0.05) is 55.6 Å². The van der Waals surface area contributed by atoms with Crippen molar-refractivity contribution in [3.8, 4) is 5.88 Å². The predicted molar refractivity (Wildman–Crippen MR) is 120 cm³/mol. The van der Waals surface area contributed by atoms with Crippen LogP contribution in [0, 0.1) is 0 Å². The summed E-state index contributed by atoms with van der Waals surface area (Å²) < 4.78 is 16.9. The van der Waals surface area contributed by atoms with E-state index in [4.69, 9.17) is 25.8 Å². The van der Waals surface area contributed by atoms with Crippen molar-refractivity contribution < 1.29 is 14.2 Å². The molecule has 3 heterocycles. The fourth-order valence-corrected chi connectivity index (χ4v) is 3.75. The van der Waals surface area contributed by atoms with Crippen LogP contribution in [-0.4, -0.2) is 75.6 Å². The van der Waals surface area contributed by atoms with Crippen LogP contribution < -0.4 is 9.64 Å². The Morgan fingerprint density at radius 3 is 2.55 bits per heavy atom. The number of anilines is 1. The van der Waals surface area contributed by atoms with E-state index in [9.17, 15) is 0 Å². The Morgan fingerprint density at radius 2 is 1.77 bits per heavy atom. The van der Waals surface area contributed by atoms with Gasteiger partial charge in [-0.2, -0.15) is 10.1 Å². The summed E-state index contributed by atoms with van der Waals surface area (Å²) >= 11 is 6.05. The highest BCUT2D eigenvalue weighted by atomic mass is 35.5. The number of nitrogens with zero attached hydrogens (tertiary/aromatic N) is 5. The van der Waals surface area contributed by atoms with E-state index in [0.717, 1.165) is 57.2 Å². The molecule has 1 aromatic heterocycles. The number of benzene rings is 1. The van der Waals surface area contributed by atoms with Crippen LogP contribution in [0.25, 0.3) is 0 Å². The molecule has 2 aliphatic heterocycles. The van der Waals surface area contributed by atoms with Crippen molar-refractivity contribution in [2.75, 3.05) is 70.7 Å². The Hall–Kier alpha value is -2.26. The molecular weight excluding hydrogens is 418 g/mol. The maximum atomic E-state index is 6.05. The van der Waals surface area contributed by atoms with Crippen LogP contribution in [0.1, 0.15) is 5.56 Å². The van der Waals surface area contributed by atoms with Gasteiger partial charge in [-0.05, 0) is 17.7 Å². The van der Waals surface area contributed by atoms with Gasteiger partial charge >= 0.3 is 0 Å². The molecule has 0 atom stereocenters. The Balaban J connectivity index is 1.43. The van der Waals surface area contributed by atoms with Crippen molar-refractivity contribution in [2.24, 2.45) is 10.2 Å². The van der Waals surface area contributed by atoms with Crippen molar-refractivity contribution in [1.82, 2.24) is 9.88 Å². The maximum Gasteiger partial charge on any atom is 0.217 e. The average Bonchev–Trinajstić information content (AvgIpc) is 2.80. The number of aromatic nitrogens is 1. The lowest BCUT2D eigenvalue weighted by Gasteiger charge is -2.29. The van der Waals surface area contributed by atoms with Crippen molar-refractivity contribution in [1.29, 1.82) is 0 Å². The summed E-state index contributed by atoms with van der Waals surface area (Å²) in [6, 6.07) is 11.5. The third kappa shape index (κ3) is 6.87. The van der Waals surface area contributed by atoms with E-state index in [1.165, 1.54) is 0 Å². The quantitative estimate of drug-likeness (QED) is 0.578. The zero-order valence-electron chi connectivity index (χ0n) is 17.6. The van der Waals surface area contributed by atoms with E-state index in [0.29, 0.717) is 43.1 Å². The Morgan fingerprint density at radius 1 is 1.00 bits per heavy atom. The minimum Gasteiger partial charge on any atom is -0.476 e. The minimum absolute atomic E-state index is 0.442. The number of ether oxygens (including phenoxy) is 3. The number of pyridine rings is 1. The Kier molecular flexibility index (Phi) is 8.06. The molecule has 0 amide bonds. The van der Waals surface area contributed by atoms with Crippen LogP contribution in [0.3, 0.4) is 0 Å². The van der Waals surface area contributed by atoms with Gasteiger partial charge in [0.15, 0.2) is 5.82 Å². The second-order valence-corrected chi connectivity index (χ2v) is 7.89. The lowest BCUT2D eigenvalue weighted by Crippen LogP contribution is -2.38. The first-order valence-electron chi connectivity index (χ1n) is 10.7. The van der Waals surface area contributed by atoms with Gasteiger partial charge in [-0.25, -0.2) is 0 Å². The molecule has 2 aliphatic rings. The number of halogens is 1. The van der Waals surface area contributed by atoms with Gasteiger partial charge in [0.1, 0.15) is 6.61 Å². The van der Waals surface area contributed by atoms with Gasteiger partial charge in [0.2, 0.25) is 5.88 Å². The fourth-order valence-electron chi connectivity index (χ4n) is 3.54. The summed E-state index contributed by atoms with van der Waals surface area (Å²) in [4.78, 5) is 9.14. The van der Waals surface area contributed by atoms with Gasteiger partial charge in [-0.15, -0.1) is 5.11 Å². The molecule has 9 heteroatoms. The molecule has 2 aromatic rings. The van der Waals surface area contributed by atoms with Crippen molar-refractivity contribution in [3.63, 3.8) is 0 Å². The van der Waals surface area contributed by atoms with Crippen LogP contribution in [0.5, 0.6) is 5.88 Å². The number of azo groups is 1. The maximum absolute atomic E-state index is 6.05. The molecule has 0 bridgehead atoms. The number of hydrogen-bond acceptors (Lipinski definition) is 8. The second kappa shape index (κ2) is 11.4. The first-order valence-corrected chi connectivity index (χ1v) is 11.0. The SMILES string of the molecule is Clc1cccc(CN=Nc2cc(N3CCOCC3)cc(OCCN3CCOCC3)n2)c1. The largest absolute Gasteiger partial charge is 0.476 e. The number of rotatable bonds is 8. The summed E-state index contributed by atoms with van der Waals surface area (Å²) in [6.07, 6.45) is 0. The van der Waals surface area contributed by atoms with Crippen molar-refractivity contribution >= 4 is 23.1 Å². The monoisotopic (exact) mass is 445 g/mol. The second-order valence-electron chi connectivity index (χ2n) is 7.45. The molecule has 4 rings (SSSR count). The molecule has 2 saturated heterocycles. The van der Waals surface area contributed by atoms with E-state index < -0.39 is 0 Å². The average molecular weight is 446 g/mol. The van der Waals surface area contributed by atoms with Crippen LogP contribution in [0.15, 0.2) is 46.6 Å². The summed E-state index contributed by atoms with van der Waals surface area (Å²) in [5.74, 6) is 1.10. The van der Waals surface area contributed by atoms with Crippen LogP contribution in [-0.2, 0) is 16.0 Å². The van der Waals surface area contributed by atoms with Gasteiger partial charge in [0.05, 0.1) is 33.0 Å². The van der Waals surface area contributed by atoms with Crippen LogP contribution in [0.4, 0.5) is 11.5 Å². The van der Waals surface area contributed by atoms with Gasteiger partial charge in [-0.3, -0.25) is 4.90 Å². The highest BCUT2D eigenvalue weighted by Crippen LogP contribution is 2.26. The Labute approximate surface area is 187 Å². The number of hydrogen-bond donors (Lipinski definition) is 0. The van der Waals surface area contributed by atoms with Gasteiger partial charge < -0.3 is 19.1 Å². The molecule has 2 fully saturated rings. The summed E-state index contributed by atoms with van der Waals surface area (Å²) in [7, 11) is 0. The molecule has 0 aliphatic carbocycles. The molecule has 166 valence electrons. The third-order valence-electron chi connectivity index (χ3n) is 5.23. The predicted octanol–water partition coefficient (Wildman–Crippen LogP) is 3.57. The molecule has 0 spiro atoms. The lowest BCUT2D eigenvalue weighted by molar-refractivity contribution is 0.0320. The Bertz CT molecular complexity index is 870. The molecule has 0 unspecified atom stereocenters.